The number of carboxylic acids is 1. The monoisotopic (exact) mass is 297 g/mol. The van der Waals surface area contributed by atoms with Crippen molar-refractivity contribution in [2.45, 2.75) is 45.1 Å². The van der Waals surface area contributed by atoms with Crippen molar-refractivity contribution in [1.82, 2.24) is 5.32 Å². The zero-order chi connectivity index (χ0) is 15.0. The molecule has 1 aromatic rings. The molecule has 0 aliphatic rings. The van der Waals surface area contributed by atoms with Crippen molar-refractivity contribution in [3.05, 3.63) is 34.9 Å². The van der Waals surface area contributed by atoms with Crippen LogP contribution in [0.5, 0.6) is 0 Å². The van der Waals surface area contributed by atoms with E-state index in [1.54, 1.807) is 24.3 Å². The molecule has 4 nitrogen and oxygen atoms in total. The minimum absolute atomic E-state index is 0.385. The van der Waals surface area contributed by atoms with Crippen LogP contribution in [-0.2, 0) is 4.79 Å². The third-order valence-corrected chi connectivity index (χ3v) is 3.31. The van der Waals surface area contributed by atoms with Gasteiger partial charge in [0.05, 0.1) is 0 Å². The van der Waals surface area contributed by atoms with Gasteiger partial charge in [-0.25, -0.2) is 4.79 Å². The molecule has 20 heavy (non-hydrogen) atoms. The number of rotatable bonds is 8. The molecule has 0 aliphatic heterocycles. The van der Waals surface area contributed by atoms with E-state index in [1.165, 1.54) is 0 Å². The average Bonchev–Trinajstić information content (AvgIpc) is 2.42. The van der Waals surface area contributed by atoms with Crippen LogP contribution in [0.2, 0.25) is 5.02 Å². The third kappa shape index (κ3) is 5.61. The number of carbonyl (C=O) groups is 2. The van der Waals surface area contributed by atoms with Crippen molar-refractivity contribution in [2.24, 2.45) is 0 Å². The van der Waals surface area contributed by atoms with Gasteiger partial charge in [-0.3, -0.25) is 4.79 Å². The van der Waals surface area contributed by atoms with Crippen LogP contribution in [0.3, 0.4) is 0 Å². The molecular formula is C15H20ClNO3. The molecule has 0 radical (unpaired) electrons. The summed E-state index contributed by atoms with van der Waals surface area (Å²) in [6.45, 7) is 2.09. The summed E-state index contributed by atoms with van der Waals surface area (Å²) in [4.78, 5) is 23.1. The molecule has 5 heteroatoms. The molecule has 0 aromatic heterocycles. The quantitative estimate of drug-likeness (QED) is 0.722. The lowest BCUT2D eigenvalue weighted by Crippen LogP contribution is -2.40. The Morgan fingerprint density at radius 3 is 2.40 bits per heavy atom. The van der Waals surface area contributed by atoms with Crippen LogP contribution >= 0.6 is 11.6 Å². The number of nitrogens with one attached hydrogen (secondary N) is 1. The fourth-order valence-electron chi connectivity index (χ4n) is 1.88. The second kappa shape index (κ2) is 8.59. The van der Waals surface area contributed by atoms with Crippen molar-refractivity contribution >= 4 is 23.5 Å². The van der Waals surface area contributed by atoms with Crippen molar-refractivity contribution in [2.75, 3.05) is 0 Å². The summed E-state index contributed by atoms with van der Waals surface area (Å²) in [6.07, 6.45) is 4.41. The lowest BCUT2D eigenvalue weighted by atomic mass is 10.1. The molecular weight excluding hydrogens is 278 g/mol. The van der Waals surface area contributed by atoms with Gasteiger partial charge in [-0.2, -0.15) is 0 Å². The number of hydrogen-bond acceptors (Lipinski definition) is 2. The maximum absolute atomic E-state index is 11.9. The van der Waals surface area contributed by atoms with E-state index in [9.17, 15) is 9.59 Å². The van der Waals surface area contributed by atoms with Crippen LogP contribution in [-0.4, -0.2) is 23.0 Å². The van der Waals surface area contributed by atoms with Crippen LogP contribution in [0.15, 0.2) is 24.3 Å². The van der Waals surface area contributed by atoms with E-state index < -0.39 is 12.0 Å². The number of hydrogen-bond donors (Lipinski definition) is 2. The molecule has 1 atom stereocenters. The number of aliphatic carboxylic acids is 1. The van der Waals surface area contributed by atoms with Crippen LogP contribution in [0.4, 0.5) is 0 Å². The molecule has 0 aliphatic carbocycles. The Bertz CT molecular complexity index is 445. The molecule has 1 aromatic carbocycles. The summed E-state index contributed by atoms with van der Waals surface area (Å²) in [5.41, 5.74) is 0.411. The van der Waals surface area contributed by atoms with Crippen molar-refractivity contribution in [3.8, 4) is 0 Å². The lowest BCUT2D eigenvalue weighted by molar-refractivity contribution is -0.139. The van der Waals surface area contributed by atoms with Crippen molar-refractivity contribution < 1.29 is 14.7 Å². The molecule has 2 N–H and O–H groups in total. The number of halogens is 1. The van der Waals surface area contributed by atoms with E-state index in [1.807, 2.05) is 0 Å². The average molecular weight is 298 g/mol. The largest absolute Gasteiger partial charge is 0.480 e. The first-order valence-corrected chi connectivity index (χ1v) is 7.21. The predicted molar refractivity (Wildman–Crippen MR) is 79.1 cm³/mol. The second-order valence-electron chi connectivity index (χ2n) is 4.72. The highest BCUT2D eigenvalue weighted by Crippen LogP contribution is 2.11. The molecule has 0 spiro atoms. The summed E-state index contributed by atoms with van der Waals surface area (Å²) in [6, 6.07) is 5.53. The summed E-state index contributed by atoms with van der Waals surface area (Å²) in [5, 5.41) is 12.2. The highest BCUT2D eigenvalue weighted by molar-refractivity contribution is 6.30. The first kappa shape index (κ1) is 16.5. The summed E-state index contributed by atoms with van der Waals surface area (Å²) >= 11 is 5.74. The third-order valence-electron chi connectivity index (χ3n) is 3.06. The Balaban J connectivity index is 2.54. The minimum Gasteiger partial charge on any atom is -0.480 e. The maximum Gasteiger partial charge on any atom is 0.326 e. The first-order chi connectivity index (χ1) is 9.54. The normalized spacial score (nSPS) is 11.9. The maximum atomic E-state index is 11.9. The number of carboxylic acid groups (broad SMARTS) is 1. The molecule has 0 saturated carbocycles. The van der Waals surface area contributed by atoms with Gasteiger partial charge in [-0.15, -0.1) is 0 Å². The van der Waals surface area contributed by atoms with Gasteiger partial charge in [-0.1, -0.05) is 44.2 Å². The molecule has 0 unspecified atom stereocenters. The van der Waals surface area contributed by atoms with E-state index in [4.69, 9.17) is 16.7 Å². The zero-order valence-corrected chi connectivity index (χ0v) is 12.3. The van der Waals surface area contributed by atoms with Crippen LogP contribution in [0.1, 0.15) is 49.4 Å². The Morgan fingerprint density at radius 1 is 1.20 bits per heavy atom. The summed E-state index contributed by atoms with van der Waals surface area (Å²) < 4.78 is 0. The zero-order valence-electron chi connectivity index (χ0n) is 11.6. The standard InChI is InChI=1S/C15H20ClNO3/c1-2-3-4-5-6-13(15(19)20)17-14(18)11-7-9-12(16)10-8-11/h7-10,13H,2-6H2,1H3,(H,17,18)(H,19,20)/t13-/m0/s1. The topological polar surface area (TPSA) is 66.4 Å². The SMILES string of the molecule is CCCCCC[C@H](NC(=O)c1ccc(Cl)cc1)C(=O)O. The van der Waals surface area contributed by atoms with Crippen LogP contribution in [0, 0.1) is 0 Å². The summed E-state index contributed by atoms with van der Waals surface area (Å²) in [7, 11) is 0. The van der Waals surface area contributed by atoms with E-state index in [2.05, 4.69) is 12.2 Å². The Hall–Kier alpha value is -1.55. The molecule has 0 fully saturated rings. The number of benzene rings is 1. The van der Waals surface area contributed by atoms with Crippen molar-refractivity contribution in [1.29, 1.82) is 0 Å². The molecule has 0 heterocycles. The van der Waals surface area contributed by atoms with Gasteiger partial charge in [0.2, 0.25) is 0 Å². The van der Waals surface area contributed by atoms with Gasteiger partial charge >= 0.3 is 5.97 Å². The lowest BCUT2D eigenvalue weighted by Gasteiger charge is -2.14. The predicted octanol–water partition coefficient (Wildman–Crippen LogP) is 3.49. The van der Waals surface area contributed by atoms with E-state index in [-0.39, 0.29) is 5.91 Å². The fraction of sp³-hybridized carbons (Fsp3) is 0.467. The highest BCUT2D eigenvalue weighted by Gasteiger charge is 2.19. The van der Waals surface area contributed by atoms with E-state index in [0.29, 0.717) is 17.0 Å². The van der Waals surface area contributed by atoms with Gasteiger partial charge in [0.1, 0.15) is 6.04 Å². The molecule has 0 bridgehead atoms. The van der Waals surface area contributed by atoms with E-state index >= 15 is 0 Å². The molecule has 110 valence electrons. The Labute approximate surface area is 124 Å². The highest BCUT2D eigenvalue weighted by atomic mass is 35.5. The fourth-order valence-corrected chi connectivity index (χ4v) is 2.00. The van der Waals surface area contributed by atoms with Gasteiger partial charge in [-0.05, 0) is 30.7 Å². The number of carbonyl (C=O) groups excluding carboxylic acids is 1. The van der Waals surface area contributed by atoms with Gasteiger partial charge in [0.15, 0.2) is 0 Å². The molecule has 1 amide bonds. The Morgan fingerprint density at radius 2 is 1.85 bits per heavy atom. The van der Waals surface area contributed by atoms with Gasteiger partial charge < -0.3 is 10.4 Å². The molecule has 0 saturated heterocycles. The van der Waals surface area contributed by atoms with Gasteiger partial charge in [0.25, 0.3) is 5.91 Å². The summed E-state index contributed by atoms with van der Waals surface area (Å²) in [5.74, 6) is -1.38. The second-order valence-corrected chi connectivity index (χ2v) is 5.16. The smallest absolute Gasteiger partial charge is 0.326 e. The molecule has 1 rings (SSSR count). The number of unbranched alkanes of at least 4 members (excludes halogenated alkanes) is 3. The van der Waals surface area contributed by atoms with Crippen molar-refractivity contribution in [3.63, 3.8) is 0 Å². The Kier molecular flexibility index (Phi) is 7.09. The van der Waals surface area contributed by atoms with Crippen LogP contribution in [0.25, 0.3) is 0 Å². The van der Waals surface area contributed by atoms with Gasteiger partial charge in [0, 0.05) is 10.6 Å². The van der Waals surface area contributed by atoms with Crippen LogP contribution < -0.4 is 5.32 Å². The minimum atomic E-state index is -0.996. The van der Waals surface area contributed by atoms with E-state index in [0.717, 1.165) is 25.7 Å². The first-order valence-electron chi connectivity index (χ1n) is 6.83. The number of amides is 1.